The van der Waals surface area contributed by atoms with Crippen molar-refractivity contribution >= 4 is 11.8 Å². The number of hydrogen-bond donors (Lipinski definition) is 3. The minimum absolute atomic E-state index is 0.0301. The number of amides is 2. The normalized spacial score (nSPS) is 14.8. The van der Waals surface area contributed by atoms with E-state index < -0.39 is 6.10 Å². The molecule has 3 N–H and O–H groups in total. The standard InChI is InChI=1S/C25H47N3O3/c1-6-8-10-12-14-16-24(30)26-21(3)18-28(20-23(5)29)19-22(4)27-25(31)17-15-13-11-9-7-2/h10-13,21-23,29H,6-9,14-20H2,1-5H3,(H,26,30)(H,27,31)/b12-10+,13-11+. The zero-order valence-electron chi connectivity index (χ0n) is 20.5. The number of nitrogens with one attached hydrogen (secondary N) is 2. The lowest BCUT2D eigenvalue weighted by molar-refractivity contribution is -0.122. The topological polar surface area (TPSA) is 81.7 Å². The molecule has 0 aliphatic heterocycles. The Morgan fingerprint density at radius 2 is 1.13 bits per heavy atom. The molecule has 0 rings (SSSR count). The average molecular weight is 438 g/mol. The van der Waals surface area contributed by atoms with Crippen LogP contribution in [0.25, 0.3) is 0 Å². The van der Waals surface area contributed by atoms with E-state index in [1.807, 2.05) is 13.8 Å². The van der Waals surface area contributed by atoms with Crippen LogP contribution in [-0.4, -0.2) is 59.6 Å². The Morgan fingerprint density at radius 3 is 1.48 bits per heavy atom. The average Bonchev–Trinajstić information content (AvgIpc) is 2.66. The Hall–Kier alpha value is -1.66. The van der Waals surface area contributed by atoms with Crippen molar-refractivity contribution in [2.45, 2.75) is 104 Å². The predicted molar refractivity (Wildman–Crippen MR) is 130 cm³/mol. The fraction of sp³-hybridized carbons (Fsp3) is 0.760. The minimum Gasteiger partial charge on any atom is -0.392 e. The highest BCUT2D eigenvalue weighted by Crippen LogP contribution is 2.02. The molecule has 0 aromatic rings. The molecule has 31 heavy (non-hydrogen) atoms. The number of carbonyl (C=O) groups is 2. The first-order valence-electron chi connectivity index (χ1n) is 12.1. The number of allylic oxidation sites excluding steroid dienone is 4. The van der Waals surface area contributed by atoms with E-state index >= 15 is 0 Å². The molecule has 0 spiro atoms. The molecule has 3 atom stereocenters. The summed E-state index contributed by atoms with van der Waals surface area (Å²) in [6, 6.07) is -0.0602. The van der Waals surface area contributed by atoms with Gasteiger partial charge in [0.25, 0.3) is 0 Å². The quantitative estimate of drug-likeness (QED) is 0.284. The largest absolute Gasteiger partial charge is 0.392 e. The van der Waals surface area contributed by atoms with Crippen molar-refractivity contribution in [3.05, 3.63) is 24.3 Å². The number of nitrogens with zero attached hydrogens (tertiary/aromatic N) is 1. The summed E-state index contributed by atoms with van der Waals surface area (Å²) >= 11 is 0. The third kappa shape index (κ3) is 18.8. The summed E-state index contributed by atoms with van der Waals surface area (Å²) in [5.41, 5.74) is 0. The van der Waals surface area contributed by atoms with E-state index in [1.165, 1.54) is 0 Å². The predicted octanol–water partition coefficient (Wildman–Crippen LogP) is 3.95. The zero-order valence-corrected chi connectivity index (χ0v) is 20.5. The van der Waals surface area contributed by atoms with Gasteiger partial charge in [-0.3, -0.25) is 14.5 Å². The van der Waals surface area contributed by atoms with E-state index in [4.69, 9.17) is 0 Å². The molecule has 0 fully saturated rings. The van der Waals surface area contributed by atoms with Crippen LogP contribution >= 0.6 is 0 Å². The molecule has 0 aliphatic rings. The molecule has 3 unspecified atom stereocenters. The maximum absolute atomic E-state index is 12.1. The molecule has 2 amide bonds. The molecule has 0 bridgehead atoms. The van der Waals surface area contributed by atoms with Gasteiger partial charge in [-0.2, -0.15) is 0 Å². The second kappa shape index (κ2) is 19.1. The summed E-state index contributed by atoms with van der Waals surface area (Å²) in [6.45, 7) is 11.7. The maximum atomic E-state index is 12.1. The number of aliphatic hydroxyl groups excluding tert-OH is 1. The Labute approximate surface area is 190 Å². The third-order valence-corrected chi connectivity index (χ3v) is 4.72. The van der Waals surface area contributed by atoms with Crippen LogP contribution < -0.4 is 10.6 Å². The van der Waals surface area contributed by atoms with E-state index in [0.29, 0.717) is 32.5 Å². The van der Waals surface area contributed by atoms with Gasteiger partial charge in [0.2, 0.25) is 11.8 Å². The van der Waals surface area contributed by atoms with Gasteiger partial charge in [0.15, 0.2) is 0 Å². The van der Waals surface area contributed by atoms with E-state index in [9.17, 15) is 14.7 Å². The SMILES string of the molecule is CCC/C=C/CCC(=O)NC(C)CN(CC(C)O)CC(C)NC(=O)CC/C=C/CCC. The van der Waals surface area contributed by atoms with Crippen molar-refractivity contribution in [1.82, 2.24) is 15.5 Å². The Kier molecular flexibility index (Phi) is 18.0. The second-order valence-electron chi connectivity index (χ2n) is 8.60. The monoisotopic (exact) mass is 437 g/mol. The molecular weight excluding hydrogens is 390 g/mol. The highest BCUT2D eigenvalue weighted by atomic mass is 16.3. The summed E-state index contributed by atoms with van der Waals surface area (Å²) in [7, 11) is 0. The number of rotatable bonds is 18. The Bertz CT molecular complexity index is 490. The van der Waals surface area contributed by atoms with Gasteiger partial charge < -0.3 is 15.7 Å². The maximum Gasteiger partial charge on any atom is 0.220 e. The van der Waals surface area contributed by atoms with Crippen molar-refractivity contribution in [3.63, 3.8) is 0 Å². The van der Waals surface area contributed by atoms with Crippen molar-refractivity contribution in [2.24, 2.45) is 0 Å². The molecule has 0 saturated carbocycles. The molecular formula is C25H47N3O3. The molecule has 0 aliphatic carbocycles. The lowest BCUT2D eigenvalue weighted by Gasteiger charge is -2.30. The van der Waals surface area contributed by atoms with E-state index in [0.717, 1.165) is 38.5 Å². The molecule has 0 aromatic carbocycles. The first kappa shape index (κ1) is 29.3. The number of aliphatic hydroxyl groups is 1. The first-order valence-corrected chi connectivity index (χ1v) is 12.1. The van der Waals surface area contributed by atoms with Crippen molar-refractivity contribution in [1.29, 1.82) is 0 Å². The minimum atomic E-state index is -0.474. The van der Waals surface area contributed by atoms with Crippen LogP contribution in [0, 0.1) is 0 Å². The van der Waals surface area contributed by atoms with Crippen molar-refractivity contribution in [2.75, 3.05) is 19.6 Å². The van der Waals surface area contributed by atoms with Gasteiger partial charge in [-0.1, -0.05) is 51.0 Å². The van der Waals surface area contributed by atoms with Gasteiger partial charge in [-0.15, -0.1) is 0 Å². The van der Waals surface area contributed by atoms with Crippen LogP contribution in [0.2, 0.25) is 0 Å². The number of hydrogen-bond acceptors (Lipinski definition) is 4. The molecule has 6 heteroatoms. The summed E-state index contributed by atoms with van der Waals surface area (Å²) in [6.07, 6.45) is 14.7. The highest BCUT2D eigenvalue weighted by molar-refractivity contribution is 5.76. The van der Waals surface area contributed by atoms with Crippen LogP contribution in [0.4, 0.5) is 0 Å². The van der Waals surface area contributed by atoms with E-state index in [-0.39, 0.29) is 23.9 Å². The molecule has 0 radical (unpaired) electrons. The molecule has 6 nitrogen and oxygen atoms in total. The molecule has 0 aromatic heterocycles. The summed E-state index contributed by atoms with van der Waals surface area (Å²) in [4.78, 5) is 26.4. The third-order valence-electron chi connectivity index (χ3n) is 4.72. The van der Waals surface area contributed by atoms with Crippen LogP contribution in [0.5, 0.6) is 0 Å². The van der Waals surface area contributed by atoms with Crippen LogP contribution in [0.15, 0.2) is 24.3 Å². The number of unbranched alkanes of at least 4 members (excludes halogenated alkanes) is 2. The van der Waals surface area contributed by atoms with Gasteiger partial charge in [0.05, 0.1) is 6.10 Å². The van der Waals surface area contributed by atoms with Gasteiger partial charge >= 0.3 is 0 Å². The van der Waals surface area contributed by atoms with E-state index in [1.54, 1.807) is 6.92 Å². The Morgan fingerprint density at radius 1 is 0.742 bits per heavy atom. The molecule has 0 saturated heterocycles. The first-order chi connectivity index (χ1) is 14.8. The van der Waals surface area contributed by atoms with Crippen LogP contribution in [-0.2, 0) is 9.59 Å². The van der Waals surface area contributed by atoms with Gasteiger partial charge in [-0.05, 0) is 46.5 Å². The van der Waals surface area contributed by atoms with Gasteiger partial charge in [0, 0.05) is 44.6 Å². The van der Waals surface area contributed by atoms with Gasteiger partial charge in [0.1, 0.15) is 0 Å². The van der Waals surface area contributed by atoms with Crippen LogP contribution in [0.1, 0.15) is 86.0 Å². The smallest absolute Gasteiger partial charge is 0.220 e. The van der Waals surface area contributed by atoms with Crippen molar-refractivity contribution in [3.8, 4) is 0 Å². The fourth-order valence-electron chi connectivity index (χ4n) is 3.39. The molecule has 0 heterocycles. The highest BCUT2D eigenvalue weighted by Gasteiger charge is 2.17. The summed E-state index contributed by atoms with van der Waals surface area (Å²) < 4.78 is 0. The van der Waals surface area contributed by atoms with Crippen molar-refractivity contribution < 1.29 is 14.7 Å². The summed E-state index contributed by atoms with van der Waals surface area (Å²) in [5, 5.41) is 15.9. The second-order valence-corrected chi connectivity index (χ2v) is 8.60. The lowest BCUT2D eigenvalue weighted by Crippen LogP contribution is -2.49. The number of carbonyl (C=O) groups excluding carboxylic acids is 2. The molecule has 180 valence electrons. The van der Waals surface area contributed by atoms with Crippen LogP contribution in [0.3, 0.4) is 0 Å². The lowest BCUT2D eigenvalue weighted by atomic mass is 10.2. The summed E-state index contributed by atoms with van der Waals surface area (Å²) in [5.74, 6) is 0.0891. The zero-order chi connectivity index (χ0) is 23.5. The van der Waals surface area contributed by atoms with Gasteiger partial charge in [-0.25, -0.2) is 0 Å². The fourth-order valence-corrected chi connectivity index (χ4v) is 3.39. The Balaban J connectivity index is 4.41. The van der Waals surface area contributed by atoms with E-state index in [2.05, 4.69) is 53.7 Å².